The molecular formula is C22H28N4O. The molecule has 142 valence electrons. The van der Waals surface area contributed by atoms with Gasteiger partial charge in [-0.1, -0.05) is 63.9 Å². The molecule has 1 aromatic carbocycles. The molecule has 0 unspecified atom stereocenters. The Morgan fingerprint density at radius 3 is 2.48 bits per heavy atom. The first-order valence-electron chi connectivity index (χ1n) is 9.88. The summed E-state index contributed by atoms with van der Waals surface area (Å²) in [5, 5.41) is 3.01. The lowest BCUT2D eigenvalue weighted by molar-refractivity contribution is -0.0756. The molecule has 2 aromatic rings. The molecule has 27 heavy (non-hydrogen) atoms. The molecule has 2 amide bonds. The predicted octanol–water partition coefficient (Wildman–Crippen LogP) is 4.71. The Morgan fingerprint density at radius 2 is 1.85 bits per heavy atom. The molecule has 0 bridgehead atoms. The van der Waals surface area contributed by atoms with Gasteiger partial charge in [-0.25, -0.2) is 14.8 Å². The van der Waals surface area contributed by atoms with Crippen LogP contribution in [0.3, 0.4) is 0 Å². The molecule has 5 nitrogen and oxygen atoms in total. The number of rotatable bonds is 2. The minimum absolute atomic E-state index is 0.0517. The molecule has 2 atom stereocenters. The second kappa shape index (κ2) is 6.63. The second-order valence-corrected chi connectivity index (χ2v) is 8.82. The first kappa shape index (κ1) is 18.0. The number of benzene rings is 1. The molecule has 1 aliphatic heterocycles. The van der Waals surface area contributed by atoms with Gasteiger partial charge in [-0.3, -0.25) is 0 Å². The van der Waals surface area contributed by atoms with Crippen molar-refractivity contribution < 1.29 is 4.79 Å². The highest BCUT2D eigenvalue weighted by Crippen LogP contribution is 2.53. The molecule has 2 heterocycles. The summed E-state index contributed by atoms with van der Waals surface area (Å²) in [5.74, 6) is 1.33. The van der Waals surface area contributed by atoms with Crippen LogP contribution in [0.4, 0.5) is 10.5 Å². The summed E-state index contributed by atoms with van der Waals surface area (Å²) in [4.78, 5) is 23.9. The number of carbonyl (C=O) groups is 1. The molecule has 2 aliphatic rings. The molecule has 5 heteroatoms. The number of hydrogen-bond donors (Lipinski definition) is 1. The first-order chi connectivity index (χ1) is 12.9. The molecule has 1 saturated heterocycles. The first-order valence-corrected chi connectivity index (χ1v) is 9.88. The molecule has 1 saturated carbocycles. The summed E-state index contributed by atoms with van der Waals surface area (Å²) in [7, 11) is 0. The smallest absolute Gasteiger partial charge is 0.314 e. The normalized spacial score (nSPS) is 24.7. The number of urea groups is 1. The van der Waals surface area contributed by atoms with Crippen LogP contribution in [-0.2, 0) is 11.0 Å². The van der Waals surface area contributed by atoms with Gasteiger partial charge < -0.3 is 10.2 Å². The van der Waals surface area contributed by atoms with Gasteiger partial charge in [-0.15, -0.1) is 0 Å². The van der Waals surface area contributed by atoms with Crippen molar-refractivity contribution in [2.75, 3.05) is 11.9 Å². The van der Waals surface area contributed by atoms with Gasteiger partial charge in [0.05, 0.1) is 23.6 Å². The van der Waals surface area contributed by atoms with E-state index in [4.69, 9.17) is 0 Å². The number of carbonyl (C=O) groups excluding carboxylic acids is 1. The number of amides is 2. The summed E-state index contributed by atoms with van der Waals surface area (Å²) in [6.07, 6.45) is 8.07. The third kappa shape index (κ3) is 3.09. The van der Waals surface area contributed by atoms with Gasteiger partial charge in [-0.2, -0.15) is 0 Å². The van der Waals surface area contributed by atoms with Crippen LogP contribution in [0.25, 0.3) is 0 Å². The number of hydrogen-bond acceptors (Lipinski definition) is 3. The Hall–Kier alpha value is -2.43. The summed E-state index contributed by atoms with van der Waals surface area (Å²) in [6, 6.07) is 10.5. The van der Waals surface area contributed by atoms with E-state index in [2.05, 4.69) is 60.3 Å². The number of nitrogens with zero attached hydrogens (tertiary/aromatic N) is 3. The van der Waals surface area contributed by atoms with E-state index in [1.165, 1.54) is 24.8 Å². The highest BCUT2D eigenvalue weighted by Gasteiger charge is 2.57. The average Bonchev–Trinajstić information content (AvgIpc) is 2.63. The maximum atomic E-state index is 13.1. The second-order valence-electron chi connectivity index (χ2n) is 8.82. The number of aromatic nitrogens is 2. The van der Waals surface area contributed by atoms with Crippen LogP contribution in [0.5, 0.6) is 0 Å². The molecule has 1 N–H and O–H groups in total. The molecule has 1 aliphatic carbocycles. The Bertz CT molecular complexity index is 812. The Balaban J connectivity index is 1.55. The molecule has 0 spiro atoms. The predicted molar refractivity (Wildman–Crippen MR) is 107 cm³/mol. The zero-order chi connectivity index (χ0) is 19.1. The summed E-state index contributed by atoms with van der Waals surface area (Å²) >= 11 is 0. The highest BCUT2D eigenvalue weighted by atomic mass is 16.2. The van der Waals surface area contributed by atoms with Crippen molar-refractivity contribution in [2.24, 2.45) is 5.92 Å². The standard InChI is InChI=1S/C22H28N4O/c1-21(2,3)19-23-13-18(14-24-19)25-20(27)26-15-17-11-7-8-12-22(17,26)16-9-5-4-6-10-16/h4-6,9-10,13-14,17H,7-8,11-12,15H2,1-3H3,(H,25,27)/t17-,22+/m1/s1. The van der Waals surface area contributed by atoms with Crippen molar-refractivity contribution >= 4 is 11.7 Å². The highest BCUT2D eigenvalue weighted by molar-refractivity contribution is 5.90. The van der Waals surface area contributed by atoms with Crippen LogP contribution in [0, 0.1) is 5.92 Å². The van der Waals surface area contributed by atoms with Gasteiger partial charge in [0.2, 0.25) is 0 Å². The van der Waals surface area contributed by atoms with Crippen LogP contribution in [0.1, 0.15) is 57.8 Å². The number of anilines is 1. The van der Waals surface area contributed by atoms with Gasteiger partial charge in [0, 0.05) is 17.9 Å². The van der Waals surface area contributed by atoms with Gasteiger partial charge in [0.15, 0.2) is 0 Å². The van der Waals surface area contributed by atoms with E-state index in [-0.39, 0.29) is 17.0 Å². The summed E-state index contributed by atoms with van der Waals surface area (Å²) < 4.78 is 0. The van der Waals surface area contributed by atoms with Crippen LogP contribution in [-0.4, -0.2) is 27.4 Å². The van der Waals surface area contributed by atoms with Crippen molar-refractivity contribution in [1.29, 1.82) is 0 Å². The number of likely N-dealkylation sites (tertiary alicyclic amines) is 1. The lowest BCUT2D eigenvalue weighted by Gasteiger charge is -2.61. The maximum absolute atomic E-state index is 13.1. The van der Waals surface area contributed by atoms with E-state index in [0.29, 0.717) is 11.6 Å². The lowest BCUT2D eigenvalue weighted by atomic mass is 9.62. The summed E-state index contributed by atoms with van der Waals surface area (Å²) in [6.45, 7) is 7.05. The Morgan fingerprint density at radius 1 is 1.15 bits per heavy atom. The van der Waals surface area contributed by atoms with Crippen molar-refractivity contribution in [1.82, 2.24) is 14.9 Å². The lowest BCUT2D eigenvalue weighted by Crippen LogP contribution is -2.68. The molecule has 2 fully saturated rings. The van der Waals surface area contributed by atoms with Crippen LogP contribution in [0.15, 0.2) is 42.7 Å². The number of fused-ring (bicyclic) bond motifs is 1. The largest absolute Gasteiger partial charge is 0.322 e. The quantitative estimate of drug-likeness (QED) is 0.840. The minimum Gasteiger partial charge on any atom is -0.314 e. The fourth-order valence-electron chi connectivity index (χ4n) is 4.59. The van der Waals surface area contributed by atoms with Gasteiger partial charge in [-0.05, 0) is 18.4 Å². The maximum Gasteiger partial charge on any atom is 0.322 e. The third-order valence-corrected chi connectivity index (χ3v) is 6.01. The van der Waals surface area contributed by atoms with Gasteiger partial charge >= 0.3 is 6.03 Å². The zero-order valence-corrected chi connectivity index (χ0v) is 16.4. The van der Waals surface area contributed by atoms with Crippen LogP contribution < -0.4 is 5.32 Å². The van der Waals surface area contributed by atoms with Crippen molar-refractivity contribution in [2.45, 2.75) is 57.4 Å². The van der Waals surface area contributed by atoms with E-state index in [0.717, 1.165) is 18.8 Å². The average molecular weight is 364 g/mol. The van der Waals surface area contributed by atoms with Gasteiger partial charge in [0.1, 0.15) is 5.82 Å². The Labute approximate surface area is 161 Å². The molecule has 4 rings (SSSR count). The van der Waals surface area contributed by atoms with E-state index >= 15 is 0 Å². The van der Waals surface area contributed by atoms with Gasteiger partial charge in [0.25, 0.3) is 0 Å². The van der Waals surface area contributed by atoms with E-state index in [1.807, 2.05) is 11.0 Å². The summed E-state index contributed by atoms with van der Waals surface area (Å²) in [5.41, 5.74) is 1.65. The van der Waals surface area contributed by atoms with Crippen molar-refractivity contribution in [3.63, 3.8) is 0 Å². The molecule has 0 radical (unpaired) electrons. The SMILES string of the molecule is CC(C)(C)c1ncc(NC(=O)N2C[C@H]3CCCC[C@]32c2ccccc2)cn1. The van der Waals surface area contributed by atoms with Crippen LogP contribution >= 0.6 is 0 Å². The van der Waals surface area contributed by atoms with Crippen LogP contribution in [0.2, 0.25) is 0 Å². The fourth-order valence-corrected chi connectivity index (χ4v) is 4.59. The topological polar surface area (TPSA) is 58.1 Å². The van der Waals surface area contributed by atoms with Crippen molar-refractivity contribution in [3.05, 3.63) is 54.1 Å². The fraction of sp³-hybridized carbons (Fsp3) is 0.500. The zero-order valence-electron chi connectivity index (χ0n) is 16.4. The molecule has 1 aromatic heterocycles. The Kier molecular flexibility index (Phi) is 4.41. The third-order valence-electron chi connectivity index (χ3n) is 6.01. The van der Waals surface area contributed by atoms with Crippen molar-refractivity contribution in [3.8, 4) is 0 Å². The van der Waals surface area contributed by atoms with E-state index in [9.17, 15) is 4.79 Å². The number of nitrogens with one attached hydrogen (secondary N) is 1. The van der Waals surface area contributed by atoms with E-state index < -0.39 is 0 Å². The monoisotopic (exact) mass is 364 g/mol. The minimum atomic E-state index is -0.157. The van der Waals surface area contributed by atoms with E-state index in [1.54, 1.807) is 12.4 Å². The molecular weight excluding hydrogens is 336 g/mol.